The molecular formula is C51H60ClN9O9. The van der Waals surface area contributed by atoms with E-state index in [0.29, 0.717) is 27.8 Å². The number of likely N-dealkylation sites (tertiary alicyclic amines) is 1. The van der Waals surface area contributed by atoms with Crippen LogP contribution in [0, 0.1) is 28.1 Å². The van der Waals surface area contributed by atoms with Gasteiger partial charge in [0.05, 0.1) is 28.3 Å². The van der Waals surface area contributed by atoms with Crippen molar-refractivity contribution in [2.45, 2.75) is 78.5 Å². The van der Waals surface area contributed by atoms with Crippen LogP contribution in [0.4, 0.5) is 16.2 Å². The van der Waals surface area contributed by atoms with Gasteiger partial charge in [0.15, 0.2) is 0 Å². The third kappa shape index (κ3) is 10.1. The molecule has 4 fully saturated rings. The van der Waals surface area contributed by atoms with Crippen molar-refractivity contribution >= 4 is 64.5 Å². The highest BCUT2D eigenvalue weighted by Crippen LogP contribution is 2.55. The molecule has 1 atom stereocenters. The van der Waals surface area contributed by atoms with Gasteiger partial charge in [-0.3, -0.25) is 43.5 Å². The van der Waals surface area contributed by atoms with Gasteiger partial charge in [0.1, 0.15) is 37.2 Å². The fourth-order valence-corrected chi connectivity index (χ4v) is 11.3. The Morgan fingerprint density at radius 3 is 2.11 bits per heavy atom. The van der Waals surface area contributed by atoms with E-state index in [1.54, 1.807) is 30.3 Å². The lowest BCUT2D eigenvalue weighted by molar-refractivity contribution is -0.164. The normalized spacial score (nSPS) is 22.2. The monoisotopic (exact) mass is 977 g/mol. The first-order valence-corrected chi connectivity index (χ1v) is 24.3. The maximum absolute atomic E-state index is 13.8. The Labute approximate surface area is 412 Å². The number of ether oxygens (including phenoxy) is 2. The zero-order chi connectivity index (χ0) is 50.1. The third-order valence-corrected chi connectivity index (χ3v) is 14.9. The number of carbonyl (C=O) groups is 7. The Bertz CT molecular complexity index is 2580. The second-order valence-corrected chi connectivity index (χ2v) is 20.4. The van der Waals surface area contributed by atoms with Crippen LogP contribution in [-0.4, -0.2) is 140 Å². The lowest BCUT2D eigenvalue weighted by Crippen LogP contribution is -2.74. The quantitative estimate of drug-likeness (QED) is 0.147. The van der Waals surface area contributed by atoms with Crippen LogP contribution >= 0.6 is 11.6 Å². The van der Waals surface area contributed by atoms with Crippen LogP contribution < -0.4 is 30.5 Å². The molecule has 0 radical (unpaired) electrons. The number of imide groups is 2. The molecule has 8 rings (SSSR count). The molecule has 3 aromatic rings. The van der Waals surface area contributed by atoms with Gasteiger partial charge in [-0.05, 0) is 79.8 Å². The van der Waals surface area contributed by atoms with Gasteiger partial charge in [-0.2, -0.15) is 5.26 Å². The Hall–Kier alpha value is -6.71. The first-order valence-electron chi connectivity index (χ1n) is 23.9. The summed E-state index contributed by atoms with van der Waals surface area (Å²) in [6.07, 6.45) is 0.859. The van der Waals surface area contributed by atoms with Crippen molar-refractivity contribution in [3.63, 3.8) is 0 Å². The molecule has 1 unspecified atom stereocenters. The van der Waals surface area contributed by atoms with Crippen molar-refractivity contribution in [2.75, 3.05) is 75.4 Å². The number of piperidine rings is 2. The van der Waals surface area contributed by atoms with Crippen LogP contribution in [0.25, 0.3) is 0 Å². The molecule has 7 amide bonds. The number of alkyl carbamates (subject to hydrolysis) is 1. The van der Waals surface area contributed by atoms with Crippen LogP contribution in [0.5, 0.6) is 5.75 Å². The Kier molecular flexibility index (Phi) is 14.4. The summed E-state index contributed by atoms with van der Waals surface area (Å²) in [5.74, 6) is -1.81. The van der Waals surface area contributed by atoms with E-state index in [2.05, 4.69) is 64.4 Å². The van der Waals surface area contributed by atoms with E-state index in [4.69, 9.17) is 21.1 Å². The van der Waals surface area contributed by atoms with Crippen molar-refractivity contribution < 1.29 is 43.0 Å². The number of rotatable bonds is 14. The number of nitrogens with one attached hydrogen (secondary N) is 3. The zero-order valence-electron chi connectivity index (χ0n) is 40.2. The summed E-state index contributed by atoms with van der Waals surface area (Å²) in [5.41, 5.74) is 2.56. The summed E-state index contributed by atoms with van der Waals surface area (Å²) in [6.45, 7) is 15.1. The molecule has 370 valence electrons. The van der Waals surface area contributed by atoms with Crippen LogP contribution in [0.15, 0.2) is 60.7 Å². The van der Waals surface area contributed by atoms with Gasteiger partial charge in [-0.25, -0.2) is 4.79 Å². The Morgan fingerprint density at radius 1 is 0.800 bits per heavy atom. The first kappa shape index (κ1) is 49.7. The smallest absolute Gasteiger partial charge is 0.408 e. The highest BCUT2D eigenvalue weighted by atomic mass is 35.5. The molecule has 3 saturated heterocycles. The number of anilines is 2. The Balaban J connectivity index is 0.775. The molecule has 4 heterocycles. The van der Waals surface area contributed by atoms with E-state index >= 15 is 0 Å². The van der Waals surface area contributed by atoms with Crippen molar-refractivity contribution in [1.82, 2.24) is 30.7 Å². The molecule has 18 nitrogen and oxygen atoms in total. The predicted molar refractivity (Wildman–Crippen MR) is 259 cm³/mol. The van der Waals surface area contributed by atoms with Crippen LogP contribution in [-0.2, 0) is 19.1 Å². The van der Waals surface area contributed by atoms with Crippen LogP contribution in [0.1, 0.15) is 96.9 Å². The van der Waals surface area contributed by atoms with Gasteiger partial charge in [0, 0.05) is 99.0 Å². The van der Waals surface area contributed by atoms with Gasteiger partial charge >= 0.3 is 6.09 Å². The molecule has 70 heavy (non-hydrogen) atoms. The van der Waals surface area contributed by atoms with E-state index in [9.17, 15) is 38.8 Å². The number of fused-ring (bicyclic) bond motifs is 1. The van der Waals surface area contributed by atoms with E-state index in [0.717, 1.165) is 79.8 Å². The fraction of sp³-hybridized carbons (Fsp3) is 0.490. The van der Waals surface area contributed by atoms with Crippen molar-refractivity contribution in [2.24, 2.45) is 16.7 Å². The van der Waals surface area contributed by atoms with Crippen molar-refractivity contribution in [3.8, 4) is 11.8 Å². The standard InChI is InChI=1S/C51H60ClN9O9/c1-31(62)54-18-25-69-49(68)55-30-60-42(63)15-14-41(46(60)67)61-44(65)38-13-11-36(26-39(38)45(61)66)59-23-21-57(22-24-59)29-32-16-19-58(20-17-32)35-9-6-33(7-10-35)43(64)56-47-50(2,3)48(51(47,4)5)70-37-12-8-34(28-53)40(52)27-37/h6-13,26-27,32,41,47-48H,14-25,29-30H2,1-5H3,(H,54,62)(H,55,68)(H,56,64). The maximum atomic E-state index is 13.8. The number of piperazine rings is 1. The van der Waals surface area contributed by atoms with Crippen LogP contribution in [0.2, 0.25) is 5.02 Å². The van der Waals surface area contributed by atoms with E-state index in [1.807, 2.05) is 30.3 Å². The summed E-state index contributed by atoms with van der Waals surface area (Å²) in [6, 6.07) is 18.8. The summed E-state index contributed by atoms with van der Waals surface area (Å²) >= 11 is 6.26. The lowest BCUT2D eigenvalue weighted by Gasteiger charge is -2.63. The molecule has 3 aromatic carbocycles. The molecule has 0 bridgehead atoms. The molecule has 0 aromatic heterocycles. The minimum atomic E-state index is -1.21. The van der Waals surface area contributed by atoms with Crippen molar-refractivity contribution in [1.29, 1.82) is 5.26 Å². The summed E-state index contributed by atoms with van der Waals surface area (Å²) < 4.78 is 11.3. The molecular weight excluding hydrogens is 918 g/mol. The number of halogens is 1. The SMILES string of the molecule is CC(=O)NCCOC(=O)NCN1C(=O)CCC(N2C(=O)c3ccc(N4CCN(CC5CCN(c6ccc(C(=O)NC7C(C)(C)C(Oc8ccc(C#N)c(Cl)c8)C7(C)C)cc6)CC5)CC4)cc3C2=O)C1=O. The lowest BCUT2D eigenvalue weighted by atomic mass is 9.49. The average Bonchev–Trinajstić information content (AvgIpc) is 3.58. The molecule has 1 saturated carbocycles. The Morgan fingerprint density at radius 2 is 1.46 bits per heavy atom. The number of hydrogen-bond acceptors (Lipinski definition) is 13. The van der Waals surface area contributed by atoms with Crippen LogP contribution in [0.3, 0.4) is 0 Å². The van der Waals surface area contributed by atoms with Gasteiger partial charge in [-0.15, -0.1) is 0 Å². The molecule has 19 heteroatoms. The number of nitrogens with zero attached hydrogens (tertiary/aromatic N) is 6. The number of hydrogen-bond donors (Lipinski definition) is 3. The van der Waals surface area contributed by atoms with E-state index in [-0.39, 0.29) is 71.9 Å². The maximum Gasteiger partial charge on any atom is 0.408 e. The van der Waals surface area contributed by atoms with E-state index in [1.165, 1.54) is 6.92 Å². The average molecular weight is 979 g/mol. The van der Waals surface area contributed by atoms with Gasteiger partial charge < -0.3 is 35.2 Å². The topological polar surface area (TPSA) is 214 Å². The minimum Gasteiger partial charge on any atom is -0.489 e. The predicted octanol–water partition coefficient (Wildman–Crippen LogP) is 4.80. The number of carbonyl (C=O) groups excluding carboxylic acids is 7. The molecule has 4 aliphatic heterocycles. The molecule has 0 spiro atoms. The zero-order valence-corrected chi connectivity index (χ0v) is 41.0. The number of nitriles is 1. The second kappa shape index (κ2) is 20.3. The van der Waals surface area contributed by atoms with Crippen molar-refractivity contribution in [3.05, 3.63) is 87.9 Å². The molecule has 1 aliphatic carbocycles. The van der Waals surface area contributed by atoms with E-state index < -0.39 is 42.4 Å². The highest BCUT2D eigenvalue weighted by Gasteiger charge is 2.64. The first-order chi connectivity index (χ1) is 33.4. The fourth-order valence-electron chi connectivity index (χ4n) is 11.1. The largest absolute Gasteiger partial charge is 0.489 e. The van der Waals surface area contributed by atoms with Gasteiger partial charge in [0.2, 0.25) is 11.8 Å². The summed E-state index contributed by atoms with van der Waals surface area (Å²) in [5, 5.41) is 17.7. The molecule has 5 aliphatic rings. The summed E-state index contributed by atoms with van der Waals surface area (Å²) in [4.78, 5) is 99.1. The second-order valence-electron chi connectivity index (χ2n) is 19.9. The third-order valence-electron chi connectivity index (χ3n) is 14.6. The van der Waals surface area contributed by atoms with Gasteiger partial charge in [-0.1, -0.05) is 39.3 Å². The summed E-state index contributed by atoms with van der Waals surface area (Å²) in [7, 11) is 0. The molecule has 3 N–H and O–H groups in total. The minimum absolute atomic E-state index is 0.0276. The van der Waals surface area contributed by atoms with Gasteiger partial charge in [0.25, 0.3) is 23.6 Å². The number of amides is 7. The highest BCUT2D eigenvalue weighted by molar-refractivity contribution is 6.31. The number of benzene rings is 3.